The topological polar surface area (TPSA) is 56.1 Å². The molecule has 1 amide bonds. The van der Waals surface area contributed by atoms with E-state index in [1.807, 2.05) is 18.2 Å². The number of nitrogens with zero attached hydrogens (tertiary/aromatic N) is 2. The van der Waals surface area contributed by atoms with Crippen LogP contribution in [0.15, 0.2) is 0 Å². The average molecular weight is 309 g/mol. The summed E-state index contributed by atoms with van der Waals surface area (Å²) in [5.74, 6) is 0. The average Bonchev–Trinajstić information content (AvgIpc) is 2.81. The Morgan fingerprint density at radius 2 is 2.10 bits per heavy atom. The number of carbonyl (C=O) groups excluding carboxylic acids is 1. The molecule has 1 aromatic heterocycles. The van der Waals surface area contributed by atoms with Gasteiger partial charge in [-0.2, -0.15) is 5.26 Å². The lowest BCUT2D eigenvalue weighted by Gasteiger charge is -2.15. The molecule has 4 nitrogen and oxygen atoms in total. The van der Waals surface area contributed by atoms with Crippen LogP contribution in [0.4, 0.5) is 9.80 Å². The Morgan fingerprint density at radius 3 is 2.75 bits per heavy atom. The number of hydrogen-bond acceptors (Lipinski definition) is 5. The van der Waals surface area contributed by atoms with Crippen LogP contribution in [0.1, 0.15) is 42.7 Å². The number of thiophene rings is 1. The SMILES string of the molecule is CCN(CC)SC(=O)Nc1sc2c(c1C#N)CCCC2. The molecular formula is C14H19N3OS2. The summed E-state index contributed by atoms with van der Waals surface area (Å²) < 4.78 is 1.98. The van der Waals surface area contributed by atoms with E-state index in [-0.39, 0.29) is 5.24 Å². The first-order valence-corrected chi connectivity index (χ1v) is 8.57. The lowest BCUT2D eigenvalue weighted by atomic mass is 9.96. The van der Waals surface area contributed by atoms with Gasteiger partial charge in [-0.3, -0.25) is 4.79 Å². The normalized spacial score (nSPS) is 13.9. The molecule has 0 saturated carbocycles. The van der Waals surface area contributed by atoms with Crippen molar-refractivity contribution in [1.82, 2.24) is 4.31 Å². The van der Waals surface area contributed by atoms with Gasteiger partial charge in [0.05, 0.1) is 5.56 Å². The number of nitrogens with one attached hydrogen (secondary N) is 1. The molecule has 1 heterocycles. The summed E-state index contributed by atoms with van der Waals surface area (Å²) in [5, 5.41) is 12.9. The number of hydrogen-bond donors (Lipinski definition) is 1. The molecule has 2 rings (SSSR count). The number of aryl methyl sites for hydroxylation is 1. The first-order chi connectivity index (χ1) is 9.69. The van der Waals surface area contributed by atoms with E-state index in [1.54, 1.807) is 11.3 Å². The Balaban J connectivity index is 2.11. The van der Waals surface area contributed by atoms with Crippen LogP contribution in [0.3, 0.4) is 0 Å². The number of anilines is 1. The molecule has 6 heteroatoms. The van der Waals surface area contributed by atoms with E-state index in [9.17, 15) is 10.1 Å². The lowest BCUT2D eigenvalue weighted by molar-refractivity contribution is 0.269. The van der Waals surface area contributed by atoms with Crippen molar-refractivity contribution in [3.8, 4) is 6.07 Å². The quantitative estimate of drug-likeness (QED) is 0.853. The van der Waals surface area contributed by atoms with Gasteiger partial charge in [0.2, 0.25) is 0 Å². The highest BCUT2D eigenvalue weighted by Crippen LogP contribution is 2.38. The van der Waals surface area contributed by atoms with Crippen LogP contribution in [-0.2, 0) is 12.8 Å². The molecule has 20 heavy (non-hydrogen) atoms. The molecule has 1 aliphatic rings. The Bertz CT molecular complexity index is 529. The smallest absolute Gasteiger partial charge is 0.299 e. The van der Waals surface area contributed by atoms with Gasteiger partial charge >= 0.3 is 0 Å². The molecule has 0 radical (unpaired) electrons. The first-order valence-electron chi connectivity index (χ1n) is 6.98. The van der Waals surface area contributed by atoms with Crippen molar-refractivity contribution in [3.05, 3.63) is 16.0 Å². The van der Waals surface area contributed by atoms with Crippen molar-refractivity contribution in [2.24, 2.45) is 0 Å². The molecule has 1 aliphatic carbocycles. The summed E-state index contributed by atoms with van der Waals surface area (Å²) in [6.45, 7) is 5.68. The zero-order chi connectivity index (χ0) is 14.5. The molecule has 0 aromatic carbocycles. The van der Waals surface area contributed by atoms with Crippen LogP contribution in [0, 0.1) is 11.3 Å². The molecule has 108 valence electrons. The standard InChI is InChI=1S/C14H19N3OS2/c1-3-17(4-2)20-14(18)16-13-11(9-15)10-7-5-6-8-12(10)19-13/h3-8H2,1-2H3,(H,16,18). The molecule has 0 fully saturated rings. The molecule has 1 N–H and O–H groups in total. The molecule has 0 bridgehead atoms. The summed E-state index contributed by atoms with van der Waals surface area (Å²) >= 11 is 2.76. The number of nitriles is 1. The van der Waals surface area contributed by atoms with Crippen LogP contribution in [-0.4, -0.2) is 22.6 Å². The van der Waals surface area contributed by atoms with E-state index in [1.165, 1.54) is 23.2 Å². The summed E-state index contributed by atoms with van der Waals surface area (Å²) in [7, 11) is 0. The zero-order valence-corrected chi connectivity index (χ0v) is 13.5. The fourth-order valence-corrected chi connectivity index (χ4v) is 4.30. The monoisotopic (exact) mass is 309 g/mol. The maximum absolute atomic E-state index is 12.0. The summed E-state index contributed by atoms with van der Waals surface area (Å²) in [6, 6.07) is 2.26. The Kier molecular flexibility index (Phi) is 5.46. The van der Waals surface area contributed by atoms with Gasteiger partial charge in [0.15, 0.2) is 0 Å². The molecule has 0 spiro atoms. The van der Waals surface area contributed by atoms with E-state index in [0.29, 0.717) is 5.56 Å². The highest BCUT2D eigenvalue weighted by molar-refractivity contribution is 8.11. The van der Waals surface area contributed by atoms with Gasteiger partial charge in [-0.1, -0.05) is 13.8 Å². The summed E-state index contributed by atoms with van der Waals surface area (Å²) in [6.07, 6.45) is 4.32. The van der Waals surface area contributed by atoms with Crippen LogP contribution in [0.5, 0.6) is 0 Å². The third kappa shape index (κ3) is 3.35. The van der Waals surface area contributed by atoms with Crippen LogP contribution in [0.25, 0.3) is 0 Å². The predicted octanol–water partition coefficient (Wildman–Crippen LogP) is 4.02. The van der Waals surface area contributed by atoms with Gasteiger partial charge in [-0.05, 0) is 31.2 Å². The van der Waals surface area contributed by atoms with Gasteiger partial charge in [0, 0.05) is 29.9 Å². The summed E-state index contributed by atoms with van der Waals surface area (Å²) in [5.41, 5.74) is 1.84. The second-order valence-corrected chi connectivity index (χ2v) is 6.82. The van der Waals surface area contributed by atoms with Crippen LogP contribution < -0.4 is 5.32 Å². The van der Waals surface area contributed by atoms with Crippen molar-refractivity contribution in [2.45, 2.75) is 39.5 Å². The van der Waals surface area contributed by atoms with E-state index in [2.05, 4.69) is 11.4 Å². The van der Waals surface area contributed by atoms with E-state index < -0.39 is 0 Å². The third-order valence-electron chi connectivity index (χ3n) is 3.42. The van der Waals surface area contributed by atoms with Gasteiger partial charge in [0.25, 0.3) is 5.24 Å². The maximum Gasteiger partial charge on any atom is 0.299 e. The van der Waals surface area contributed by atoms with Crippen molar-refractivity contribution < 1.29 is 4.79 Å². The van der Waals surface area contributed by atoms with E-state index >= 15 is 0 Å². The van der Waals surface area contributed by atoms with Crippen molar-refractivity contribution >= 4 is 33.5 Å². The van der Waals surface area contributed by atoms with E-state index in [4.69, 9.17) is 0 Å². The van der Waals surface area contributed by atoms with E-state index in [0.717, 1.165) is 42.9 Å². The van der Waals surface area contributed by atoms with Crippen LogP contribution in [0.2, 0.25) is 0 Å². The number of amides is 1. The largest absolute Gasteiger partial charge is 0.306 e. The van der Waals surface area contributed by atoms with Gasteiger partial charge in [-0.25, -0.2) is 4.31 Å². The lowest BCUT2D eigenvalue weighted by Crippen LogP contribution is -2.19. The number of rotatable bonds is 4. The molecule has 0 atom stereocenters. The van der Waals surface area contributed by atoms with Gasteiger partial charge < -0.3 is 5.32 Å². The molecule has 0 unspecified atom stereocenters. The Hall–Kier alpha value is -1.03. The maximum atomic E-state index is 12.0. The minimum Gasteiger partial charge on any atom is -0.306 e. The van der Waals surface area contributed by atoms with Crippen molar-refractivity contribution in [2.75, 3.05) is 18.4 Å². The second-order valence-electron chi connectivity index (χ2n) is 4.64. The number of carbonyl (C=O) groups is 1. The predicted molar refractivity (Wildman–Crippen MR) is 85.2 cm³/mol. The zero-order valence-electron chi connectivity index (χ0n) is 11.9. The fraction of sp³-hybridized carbons (Fsp3) is 0.571. The Morgan fingerprint density at radius 1 is 1.40 bits per heavy atom. The second kappa shape index (κ2) is 7.11. The van der Waals surface area contributed by atoms with Crippen LogP contribution >= 0.6 is 23.3 Å². The Labute approximate surface area is 128 Å². The molecule has 0 aliphatic heterocycles. The minimum absolute atomic E-state index is 0.108. The third-order valence-corrected chi connectivity index (χ3v) is 5.67. The highest BCUT2D eigenvalue weighted by Gasteiger charge is 2.22. The first kappa shape index (κ1) is 15.4. The van der Waals surface area contributed by atoms with Crippen molar-refractivity contribution in [3.63, 3.8) is 0 Å². The highest BCUT2D eigenvalue weighted by atomic mass is 32.2. The molecular weight excluding hydrogens is 290 g/mol. The number of fused-ring (bicyclic) bond motifs is 1. The molecule has 1 aromatic rings. The van der Waals surface area contributed by atoms with Crippen molar-refractivity contribution in [1.29, 1.82) is 5.26 Å². The summed E-state index contributed by atoms with van der Waals surface area (Å²) in [4.78, 5) is 13.3. The fourth-order valence-electron chi connectivity index (χ4n) is 2.36. The van der Waals surface area contributed by atoms with Gasteiger partial charge in [-0.15, -0.1) is 11.3 Å². The minimum atomic E-state index is -0.108. The van der Waals surface area contributed by atoms with Gasteiger partial charge in [0.1, 0.15) is 11.1 Å². The molecule has 0 saturated heterocycles.